The first-order valence-corrected chi connectivity index (χ1v) is 9.06. The number of benzene rings is 1. The number of hydrogen-bond donors (Lipinski definition) is 2. The molecule has 2 heterocycles. The number of aromatic nitrogens is 3. The fraction of sp³-hybridized carbons (Fsp3) is 0.350. The number of nitrogens with zero attached hydrogens (tertiary/aromatic N) is 3. The van der Waals surface area contributed by atoms with Gasteiger partial charge in [-0.25, -0.2) is 9.97 Å². The highest BCUT2D eigenvalue weighted by Gasteiger charge is 2.25. The van der Waals surface area contributed by atoms with E-state index in [0.717, 1.165) is 41.2 Å². The summed E-state index contributed by atoms with van der Waals surface area (Å²) in [6.07, 6.45) is 7.81. The maximum Gasteiger partial charge on any atom is 0.227 e. The summed E-state index contributed by atoms with van der Waals surface area (Å²) in [5.74, 6) is 1.89. The van der Waals surface area contributed by atoms with Gasteiger partial charge in [0.15, 0.2) is 0 Å². The molecule has 2 aromatic heterocycles. The van der Waals surface area contributed by atoms with Gasteiger partial charge in [0, 0.05) is 23.9 Å². The summed E-state index contributed by atoms with van der Waals surface area (Å²) in [6.45, 7) is 1.93. The molecule has 3 aromatic rings. The van der Waals surface area contributed by atoms with Crippen molar-refractivity contribution in [1.29, 1.82) is 0 Å². The Morgan fingerprint density at radius 3 is 2.81 bits per heavy atom. The highest BCUT2D eigenvalue weighted by atomic mass is 16.5. The predicted octanol–water partition coefficient (Wildman–Crippen LogP) is 4.94. The molecule has 0 unspecified atom stereocenters. The Bertz CT molecular complexity index is 900. The van der Waals surface area contributed by atoms with Crippen LogP contribution in [0.25, 0.3) is 11.3 Å². The van der Waals surface area contributed by atoms with Crippen molar-refractivity contribution in [3.63, 3.8) is 0 Å². The summed E-state index contributed by atoms with van der Waals surface area (Å²) in [5, 5.41) is 17.1. The molecule has 6 heteroatoms. The average molecular weight is 350 g/mol. The van der Waals surface area contributed by atoms with Crippen LogP contribution in [0, 0.1) is 6.92 Å². The summed E-state index contributed by atoms with van der Waals surface area (Å²) < 4.78 is 5.51. The first-order chi connectivity index (χ1) is 12.7. The molecule has 0 saturated heterocycles. The van der Waals surface area contributed by atoms with Gasteiger partial charge in [0.05, 0.1) is 17.0 Å². The van der Waals surface area contributed by atoms with Crippen LogP contribution >= 0.6 is 0 Å². The van der Waals surface area contributed by atoms with E-state index in [2.05, 4.69) is 20.4 Å². The Kier molecular flexibility index (Phi) is 4.56. The molecule has 0 atom stereocenters. The fourth-order valence-corrected chi connectivity index (χ4v) is 3.63. The monoisotopic (exact) mass is 350 g/mol. The Balaban J connectivity index is 1.65. The lowest BCUT2D eigenvalue weighted by Gasteiger charge is -2.20. The molecule has 2 N–H and O–H groups in total. The summed E-state index contributed by atoms with van der Waals surface area (Å²) in [4.78, 5) is 8.94. The van der Waals surface area contributed by atoms with Gasteiger partial charge in [0.2, 0.25) is 5.95 Å². The van der Waals surface area contributed by atoms with Crippen LogP contribution in [-0.2, 0) is 0 Å². The van der Waals surface area contributed by atoms with Gasteiger partial charge >= 0.3 is 0 Å². The minimum atomic E-state index is 0.195. The molecule has 0 aliphatic heterocycles. The Labute approximate surface area is 152 Å². The zero-order chi connectivity index (χ0) is 17.9. The minimum Gasteiger partial charge on any atom is -0.508 e. The Morgan fingerprint density at radius 1 is 1.15 bits per heavy atom. The van der Waals surface area contributed by atoms with Crippen molar-refractivity contribution in [1.82, 2.24) is 15.1 Å². The second-order valence-electron chi connectivity index (χ2n) is 6.77. The van der Waals surface area contributed by atoms with E-state index in [0.29, 0.717) is 11.9 Å². The molecular formula is C20H22N4O2. The van der Waals surface area contributed by atoms with Crippen LogP contribution in [0.1, 0.15) is 49.5 Å². The van der Waals surface area contributed by atoms with Crippen LogP contribution in [0.4, 0.5) is 11.6 Å². The highest BCUT2D eigenvalue weighted by Crippen LogP contribution is 2.38. The summed E-state index contributed by atoms with van der Waals surface area (Å²) in [7, 11) is 0. The molecule has 4 rings (SSSR count). The highest BCUT2D eigenvalue weighted by molar-refractivity contribution is 5.66. The molecule has 1 fully saturated rings. The number of aromatic hydroxyl groups is 1. The summed E-state index contributed by atoms with van der Waals surface area (Å²) in [6, 6.07) is 8.77. The SMILES string of the molecule is Cc1onc(C2CCCCC2)c1-c1ccnc(Nc2cccc(O)c2)n1. The molecule has 1 saturated carbocycles. The number of phenolic OH excluding ortho intramolecular Hbond substituents is 1. The summed E-state index contributed by atoms with van der Waals surface area (Å²) >= 11 is 0. The van der Waals surface area contributed by atoms with Crippen molar-refractivity contribution in [3.8, 4) is 17.0 Å². The van der Waals surface area contributed by atoms with E-state index in [4.69, 9.17) is 4.52 Å². The van der Waals surface area contributed by atoms with E-state index in [-0.39, 0.29) is 5.75 Å². The molecule has 0 bridgehead atoms. The first kappa shape index (κ1) is 16.6. The van der Waals surface area contributed by atoms with E-state index in [1.165, 1.54) is 19.3 Å². The van der Waals surface area contributed by atoms with Gasteiger partial charge in [-0.2, -0.15) is 0 Å². The first-order valence-electron chi connectivity index (χ1n) is 9.06. The third kappa shape index (κ3) is 3.40. The number of phenols is 1. The zero-order valence-corrected chi connectivity index (χ0v) is 14.8. The van der Waals surface area contributed by atoms with Crippen molar-refractivity contribution < 1.29 is 9.63 Å². The lowest BCUT2D eigenvalue weighted by Crippen LogP contribution is -2.07. The second-order valence-corrected chi connectivity index (χ2v) is 6.77. The van der Waals surface area contributed by atoms with Crippen molar-refractivity contribution in [3.05, 3.63) is 48.0 Å². The van der Waals surface area contributed by atoms with Gasteiger partial charge in [-0.3, -0.25) is 0 Å². The van der Waals surface area contributed by atoms with Crippen molar-refractivity contribution in [2.24, 2.45) is 0 Å². The third-order valence-corrected chi connectivity index (χ3v) is 4.90. The van der Waals surface area contributed by atoms with E-state index in [1.807, 2.05) is 19.1 Å². The van der Waals surface area contributed by atoms with E-state index < -0.39 is 0 Å². The maximum absolute atomic E-state index is 9.61. The lowest BCUT2D eigenvalue weighted by atomic mass is 9.85. The van der Waals surface area contributed by atoms with Crippen LogP contribution in [0.5, 0.6) is 5.75 Å². The fourth-order valence-electron chi connectivity index (χ4n) is 3.63. The topological polar surface area (TPSA) is 84.1 Å². The van der Waals surface area contributed by atoms with Gasteiger partial charge in [0.1, 0.15) is 11.5 Å². The molecule has 134 valence electrons. The van der Waals surface area contributed by atoms with Crippen LogP contribution in [0.2, 0.25) is 0 Å². The van der Waals surface area contributed by atoms with Crippen LogP contribution in [0.3, 0.4) is 0 Å². The number of rotatable bonds is 4. The number of nitrogens with one attached hydrogen (secondary N) is 1. The molecule has 1 aliphatic carbocycles. The van der Waals surface area contributed by atoms with Crippen molar-refractivity contribution in [2.75, 3.05) is 5.32 Å². The smallest absolute Gasteiger partial charge is 0.227 e. The molecule has 0 spiro atoms. The maximum atomic E-state index is 9.61. The second kappa shape index (κ2) is 7.15. The van der Waals surface area contributed by atoms with Gasteiger partial charge < -0.3 is 14.9 Å². The molecule has 6 nitrogen and oxygen atoms in total. The Morgan fingerprint density at radius 2 is 2.00 bits per heavy atom. The van der Waals surface area contributed by atoms with Crippen molar-refractivity contribution in [2.45, 2.75) is 44.9 Å². The molecule has 0 amide bonds. The van der Waals surface area contributed by atoms with Gasteiger partial charge in [-0.1, -0.05) is 30.5 Å². The van der Waals surface area contributed by atoms with Gasteiger partial charge in [0.25, 0.3) is 0 Å². The molecular weight excluding hydrogens is 328 g/mol. The Hall–Kier alpha value is -2.89. The number of anilines is 2. The average Bonchev–Trinajstić information content (AvgIpc) is 3.04. The van der Waals surface area contributed by atoms with Gasteiger partial charge in [-0.15, -0.1) is 0 Å². The largest absolute Gasteiger partial charge is 0.508 e. The van der Waals surface area contributed by atoms with E-state index >= 15 is 0 Å². The van der Waals surface area contributed by atoms with Crippen LogP contribution in [0.15, 0.2) is 41.1 Å². The van der Waals surface area contributed by atoms with Gasteiger partial charge in [-0.05, 0) is 38.0 Å². The van der Waals surface area contributed by atoms with E-state index in [1.54, 1.807) is 24.4 Å². The molecule has 26 heavy (non-hydrogen) atoms. The number of hydrogen-bond acceptors (Lipinski definition) is 6. The quantitative estimate of drug-likeness (QED) is 0.693. The third-order valence-electron chi connectivity index (χ3n) is 4.90. The molecule has 1 aliphatic rings. The molecule has 1 aromatic carbocycles. The van der Waals surface area contributed by atoms with Crippen molar-refractivity contribution >= 4 is 11.6 Å². The minimum absolute atomic E-state index is 0.195. The van der Waals surface area contributed by atoms with Crippen LogP contribution < -0.4 is 5.32 Å². The lowest BCUT2D eigenvalue weighted by molar-refractivity contribution is 0.367. The van der Waals surface area contributed by atoms with E-state index in [9.17, 15) is 5.11 Å². The van der Waals surface area contributed by atoms with Crippen LogP contribution in [-0.4, -0.2) is 20.2 Å². The number of aryl methyl sites for hydroxylation is 1. The summed E-state index contributed by atoms with van der Waals surface area (Å²) in [5.41, 5.74) is 3.54. The molecule has 0 radical (unpaired) electrons. The normalized spacial score (nSPS) is 15.1. The predicted molar refractivity (Wildman–Crippen MR) is 99.5 cm³/mol. The standard InChI is InChI=1S/C20H22N4O2/c1-13-18(19(24-26-13)14-6-3-2-4-7-14)17-10-11-21-20(23-17)22-15-8-5-9-16(25)12-15/h5,8-12,14,25H,2-4,6-7H2,1H3,(H,21,22,23). The zero-order valence-electron chi connectivity index (χ0n) is 14.8.